The summed E-state index contributed by atoms with van der Waals surface area (Å²) in [5.41, 5.74) is 1.13. The Balaban J connectivity index is 2.41. The van der Waals surface area contributed by atoms with Crippen LogP contribution >= 0.6 is 11.6 Å². The molecule has 0 spiro atoms. The van der Waals surface area contributed by atoms with Gasteiger partial charge in [0, 0.05) is 23.8 Å². The number of aryl methyl sites for hydroxylation is 1. The molecule has 0 aliphatic carbocycles. The number of halogens is 1. The van der Waals surface area contributed by atoms with E-state index in [0.29, 0.717) is 16.3 Å². The van der Waals surface area contributed by atoms with E-state index in [1.165, 1.54) is 0 Å². The van der Waals surface area contributed by atoms with E-state index in [-0.39, 0.29) is 5.78 Å². The molecule has 76 valence electrons. The summed E-state index contributed by atoms with van der Waals surface area (Å²) in [7, 11) is 1.73. The molecule has 3 nitrogen and oxygen atoms in total. The SMILES string of the molecule is Cn1nccc1C(=O)c1cccc(Cl)c1. The van der Waals surface area contributed by atoms with Crippen LogP contribution in [0.15, 0.2) is 36.5 Å². The van der Waals surface area contributed by atoms with Gasteiger partial charge in [-0.05, 0) is 18.2 Å². The normalized spacial score (nSPS) is 10.3. The van der Waals surface area contributed by atoms with Gasteiger partial charge in [-0.2, -0.15) is 5.10 Å². The monoisotopic (exact) mass is 220 g/mol. The first-order valence-corrected chi connectivity index (χ1v) is 4.84. The summed E-state index contributed by atoms with van der Waals surface area (Å²) in [5, 5.41) is 4.51. The second-order valence-corrected chi connectivity index (χ2v) is 3.62. The molecule has 1 aromatic heterocycles. The molecule has 0 atom stereocenters. The number of hydrogen-bond acceptors (Lipinski definition) is 2. The number of hydrogen-bond donors (Lipinski definition) is 0. The van der Waals surface area contributed by atoms with Crippen LogP contribution in [-0.4, -0.2) is 15.6 Å². The Morgan fingerprint density at radius 1 is 1.40 bits per heavy atom. The first-order valence-electron chi connectivity index (χ1n) is 4.47. The lowest BCUT2D eigenvalue weighted by atomic mass is 10.1. The largest absolute Gasteiger partial charge is 0.287 e. The van der Waals surface area contributed by atoms with Crippen molar-refractivity contribution in [2.45, 2.75) is 0 Å². The quantitative estimate of drug-likeness (QED) is 0.728. The van der Waals surface area contributed by atoms with Crippen molar-refractivity contribution in [1.82, 2.24) is 9.78 Å². The summed E-state index contributed by atoms with van der Waals surface area (Å²) in [6, 6.07) is 8.56. The fourth-order valence-electron chi connectivity index (χ4n) is 1.37. The summed E-state index contributed by atoms with van der Waals surface area (Å²) in [5.74, 6) is -0.0718. The Labute approximate surface area is 92.3 Å². The molecule has 15 heavy (non-hydrogen) atoms. The molecule has 0 amide bonds. The lowest BCUT2D eigenvalue weighted by Gasteiger charge is -2.01. The van der Waals surface area contributed by atoms with Gasteiger partial charge in [0.15, 0.2) is 0 Å². The van der Waals surface area contributed by atoms with Gasteiger partial charge in [0.2, 0.25) is 5.78 Å². The van der Waals surface area contributed by atoms with Gasteiger partial charge in [-0.15, -0.1) is 0 Å². The molecule has 0 aliphatic rings. The third-order valence-electron chi connectivity index (χ3n) is 2.14. The Bertz CT molecular complexity index is 505. The molecule has 0 aliphatic heterocycles. The van der Waals surface area contributed by atoms with E-state index in [2.05, 4.69) is 5.10 Å². The molecule has 0 unspecified atom stereocenters. The van der Waals surface area contributed by atoms with Crippen molar-refractivity contribution < 1.29 is 4.79 Å². The van der Waals surface area contributed by atoms with Crippen LogP contribution in [0.1, 0.15) is 16.1 Å². The Morgan fingerprint density at radius 3 is 2.80 bits per heavy atom. The number of aromatic nitrogens is 2. The second kappa shape index (κ2) is 3.87. The predicted molar refractivity (Wildman–Crippen MR) is 58.1 cm³/mol. The summed E-state index contributed by atoms with van der Waals surface area (Å²) < 4.78 is 1.54. The van der Waals surface area contributed by atoms with Crippen molar-refractivity contribution in [3.05, 3.63) is 52.8 Å². The molecule has 0 N–H and O–H groups in total. The van der Waals surface area contributed by atoms with Gasteiger partial charge in [-0.3, -0.25) is 9.48 Å². The van der Waals surface area contributed by atoms with E-state index in [4.69, 9.17) is 11.6 Å². The molecule has 4 heteroatoms. The third kappa shape index (κ3) is 1.92. The van der Waals surface area contributed by atoms with Crippen LogP contribution in [0.25, 0.3) is 0 Å². The van der Waals surface area contributed by atoms with Gasteiger partial charge in [0.1, 0.15) is 5.69 Å². The molecule has 0 radical (unpaired) electrons. The summed E-state index contributed by atoms with van der Waals surface area (Å²) in [4.78, 5) is 12.0. The van der Waals surface area contributed by atoms with Crippen molar-refractivity contribution in [3.63, 3.8) is 0 Å². The van der Waals surface area contributed by atoms with Crippen molar-refractivity contribution in [2.24, 2.45) is 7.05 Å². The van der Waals surface area contributed by atoms with Crippen molar-refractivity contribution in [1.29, 1.82) is 0 Å². The van der Waals surface area contributed by atoms with Crippen LogP contribution < -0.4 is 0 Å². The first-order chi connectivity index (χ1) is 7.18. The van der Waals surface area contributed by atoms with E-state index in [1.807, 2.05) is 0 Å². The lowest BCUT2D eigenvalue weighted by molar-refractivity contribution is 0.103. The zero-order valence-electron chi connectivity index (χ0n) is 8.14. The minimum Gasteiger partial charge on any atom is -0.287 e. The van der Waals surface area contributed by atoms with Crippen molar-refractivity contribution >= 4 is 17.4 Å². The van der Waals surface area contributed by atoms with Gasteiger partial charge in [0.05, 0.1) is 0 Å². The predicted octanol–water partition coefficient (Wildman–Crippen LogP) is 2.30. The second-order valence-electron chi connectivity index (χ2n) is 3.18. The standard InChI is InChI=1S/C11H9ClN2O/c1-14-10(5-6-13-14)11(15)8-3-2-4-9(12)7-8/h2-7H,1H3. The molecule has 0 saturated carbocycles. The number of rotatable bonds is 2. The average Bonchev–Trinajstić information content (AvgIpc) is 2.63. The van der Waals surface area contributed by atoms with Gasteiger partial charge in [-0.25, -0.2) is 0 Å². The molecule has 0 saturated heterocycles. The number of carbonyl (C=O) groups excluding carboxylic acids is 1. The molecule has 0 fully saturated rings. The van der Waals surface area contributed by atoms with Gasteiger partial charge in [-0.1, -0.05) is 23.7 Å². The van der Waals surface area contributed by atoms with E-state index >= 15 is 0 Å². The zero-order chi connectivity index (χ0) is 10.8. The van der Waals surface area contributed by atoms with E-state index < -0.39 is 0 Å². The molecule has 1 heterocycles. The molecular weight excluding hydrogens is 212 g/mol. The van der Waals surface area contributed by atoms with E-state index in [9.17, 15) is 4.79 Å². The maximum absolute atomic E-state index is 12.0. The van der Waals surface area contributed by atoms with Gasteiger partial charge in [0.25, 0.3) is 0 Å². The highest BCUT2D eigenvalue weighted by Gasteiger charge is 2.12. The average molecular weight is 221 g/mol. The van der Waals surface area contributed by atoms with Crippen LogP contribution in [0, 0.1) is 0 Å². The van der Waals surface area contributed by atoms with Crippen molar-refractivity contribution in [2.75, 3.05) is 0 Å². The molecule has 2 rings (SSSR count). The van der Waals surface area contributed by atoms with Gasteiger partial charge < -0.3 is 0 Å². The van der Waals surface area contributed by atoms with Gasteiger partial charge >= 0.3 is 0 Å². The topological polar surface area (TPSA) is 34.9 Å². The lowest BCUT2D eigenvalue weighted by Crippen LogP contribution is -2.07. The maximum Gasteiger partial charge on any atom is 0.211 e. The van der Waals surface area contributed by atoms with E-state index in [1.54, 1.807) is 48.3 Å². The third-order valence-corrected chi connectivity index (χ3v) is 2.38. The molecule has 1 aromatic carbocycles. The first kappa shape index (κ1) is 9.93. The summed E-state index contributed by atoms with van der Waals surface area (Å²) in [6.45, 7) is 0. The summed E-state index contributed by atoms with van der Waals surface area (Å²) >= 11 is 5.82. The van der Waals surface area contributed by atoms with E-state index in [0.717, 1.165) is 0 Å². The van der Waals surface area contributed by atoms with Crippen LogP contribution in [0.3, 0.4) is 0 Å². The van der Waals surface area contributed by atoms with Crippen LogP contribution in [0.2, 0.25) is 5.02 Å². The Hall–Kier alpha value is -1.61. The highest BCUT2D eigenvalue weighted by Crippen LogP contribution is 2.14. The Morgan fingerprint density at radius 2 is 2.20 bits per heavy atom. The fraction of sp³-hybridized carbons (Fsp3) is 0.0909. The highest BCUT2D eigenvalue weighted by molar-refractivity contribution is 6.31. The summed E-state index contributed by atoms with van der Waals surface area (Å²) in [6.07, 6.45) is 1.60. The number of nitrogens with zero attached hydrogens (tertiary/aromatic N) is 2. The van der Waals surface area contributed by atoms with Crippen LogP contribution in [-0.2, 0) is 7.05 Å². The molecule has 2 aromatic rings. The fourth-order valence-corrected chi connectivity index (χ4v) is 1.56. The minimum absolute atomic E-state index is 0.0718. The maximum atomic E-state index is 12.0. The highest BCUT2D eigenvalue weighted by atomic mass is 35.5. The zero-order valence-corrected chi connectivity index (χ0v) is 8.90. The smallest absolute Gasteiger partial charge is 0.211 e. The number of ketones is 1. The number of carbonyl (C=O) groups is 1. The molecular formula is C11H9ClN2O. The van der Waals surface area contributed by atoms with Crippen molar-refractivity contribution in [3.8, 4) is 0 Å². The molecule has 0 bridgehead atoms. The minimum atomic E-state index is -0.0718. The number of benzene rings is 1. The van der Waals surface area contributed by atoms with Crippen LogP contribution in [0.5, 0.6) is 0 Å². The van der Waals surface area contributed by atoms with Crippen LogP contribution in [0.4, 0.5) is 0 Å². The Kier molecular flexibility index (Phi) is 2.56.